The lowest BCUT2D eigenvalue weighted by atomic mass is 10.1. The summed E-state index contributed by atoms with van der Waals surface area (Å²) in [6, 6.07) is 7.68. The second kappa shape index (κ2) is 5.56. The minimum atomic E-state index is -0.801. The molecule has 1 aromatic heterocycles. The molecule has 2 rings (SSSR count). The van der Waals surface area contributed by atoms with Crippen LogP contribution in [0.25, 0.3) is 0 Å². The summed E-state index contributed by atoms with van der Waals surface area (Å²) in [5, 5.41) is 0. The molecule has 0 N–H and O–H groups in total. The highest BCUT2D eigenvalue weighted by molar-refractivity contribution is 5.87. The number of halogens is 1. The highest BCUT2D eigenvalue weighted by atomic mass is 19.1. The minimum Gasteiger partial charge on any atom is -0.464 e. The summed E-state index contributed by atoms with van der Waals surface area (Å²) in [6.07, 6.45) is 1.47. The number of rotatable bonds is 3. The van der Waals surface area contributed by atoms with Gasteiger partial charge in [-0.05, 0) is 12.5 Å². The molecule has 0 aliphatic carbocycles. The number of esters is 1. The molecule has 0 fully saturated rings. The van der Waals surface area contributed by atoms with Gasteiger partial charge < -0.3 is 4.74 Å². The predicted molar refractivity (Wildman–Crippen MR) is 67.3 cm³/mol. The van der Waals surface area contributed by atoms with Crippen molar-refractivity contribution in [3.05, 3.63) is 58.9 Å². The summed E-state index contributed by atoms with van der Waals surface area (Å²) in [5.74, 6) is -1.53. The van der Waals surface area contributed by atoms with Crippen LogP contribution < -0.4 is 0 Å². The normalized spacial score (nSPS) is 10.3. The first-order valence-electron chi connectivity index (χ1n) is 5.75. The van der Waals surface area contributed by atoms with Crippen LogP contribution in [0.4, 0.5) is 4.39 Å². The maximum absolute atomic E-state index is 14.0. The number of aromatic nitrogens is 2. The molecule has 1 aromatic carbocycles. The molecular weight excluding hydrogens is 247 g/mol. The molecular formula is C14H13FN2O2. The van der Waals surface area contributed by atoms with E-state index < -0.39 is 11.8 Å². The smallest absolute Gasteiger partial charge is 0.359 e. The van der Waals surface area contributed by atoms with Crippen molar-refractivity contribution < 1.29 is 13.9 Å². The molecule has 1 heterocycles. The highest BCUT2D eigenvalue weighted by Gasteiger charge is 2.18. The Morgan fingerprint density at radius 1 is 1.26 bits per heavy atom. The molecule has 2 aromatic rings. The molecule has 0 radical (unpaired) electrons. The van der Waals surface area contributed by atoms with Gasteiger partial charge in [-0.1, -0.05) is 29.8 Å². The molecule has 0 amide bonds. The Hall–Kier alpha value is -2.30. The molecule has 98 valence electrons. The molecule has 5 heteroatoms. The van der Waals surface area contributed by atoms with Crippen LogP contribution in [0, 0.1) is 12.7 Å². The van der Waals surface area contributed by atoms with Gasteiger partial charge in [0.15, 0.2) is 11.5 Å². The van der Waals surface area contributed by atoms with Crippen LogP contribution in [0.15, 0.2) is 30.6 Å². The van der Waals surface area contributed by atoms with Crippen LogP contribution in [-0.4, -0.2) is 23.0 Å². The zero-order valence-corrected chi connectivity index (χ0v) is 10.7. The molecule has 0 atom stereocenters. The Labute approximate surface area is 110 Å². The van der Waals surface area contributed by atoms with Gasteiger partial charge in [-0.15, -0.1) is 0 Å². The molecule has 0 aliphatic heterocycles. The number of benzene rings is 1. The zero-order valence-electron chi connectivity index (χ0n) is 10.7. The van der Waals surface area contributed by atoms with Crippen LogP contribution in [0.2, 0.25) is 0 Å². The van der Waals surface area contributed by atoms with Gasteiger partial charge in [0.25, 0.3) is 0 Å². The van der Waals surface area contributed by atoms with Gasteiger partial charge in [0.1, 0.15) is 6.33 Å². The molecule has 0 saturated carbocycles. The van der Waals surface area contributed by atoms with E-state index in [1.807, 2.05) is 31.2 Å². The Morgan fingerprint density at radius 2 is 1.95 bits per heavy atom. The highest BCUT2D eigenvalue weighted by Crippen LogP contribution is 2.14. The SMILES string of the molecule is COC(=O)c1ncnc(Cc2ccc(C)cc2)c1F. The Bertz CT molecular complexity index is 597. The van der Waals surface area contributed by atoms with Crippen molar-refractivity contribution in [2.75, 3.05) is 7.11 Å². The van der Waals surface area contributed by atoms with Crippen molar-refractivity contribution in [2.45, 2.75) is 13.3 Å². The van der Waals surface area contributed by atoms with Crippen molar-refractivity contribution in [1.29, 1.82) is 0 Å². The van der Waals surface area contributed by atoms with Gasteiger partial charge in [-0.3, -0.25) is 0 Å². The number of carbonyl (C=O) groups excluding carboxylic acids is 1. The van der Waals surface area contributed by atoms with E-state index in [1.54, 1.807) is 0 Å². The van der Waals surface area contributed by atoms with E-state index in [2.05, 4.69) is 14.7 Å². The predicted octanol–water partition coefficient (Wildman–Crippen LogP) is 2.30. The van der Waals surface area contributed by atoms with Gasteiger partial charge >= 0.3 is 5.97 Å². The van der Waals surface area contributed by atoms with E-state index in [4.69, 9.17) is 0 Å². The van der Waals surface area contributed by atoms with Crippen molar-refractivity contribution in [2.24, 2.45) is 0 Å². The summed E-state index contributed by atoms with van der Waals surface area (Å²) in [5.41, 5.74) is 1.89. The lowest BCUT2D eigenvalue weighted by Gasteiger charge is -2.05. The van der Waals surface area contributed by atoms with Crippen molar-refractivity contribution in [3.8, 4) is 0 Å². The van der Waals surface area contributed by atoms with Crippen LogP contribution >= 0.6 is 0 Å². The number of ether oxygens (including phenoxy) is 1. The first kappa shape index (κ1) is 13.1. The number of methoxy groups -OCH3 is 1. The summed E-state index contributed by atoms with van der Waals surface area (Å²) >= 11 is 0. The first-order chi connectivity index (χ1) is 9.11. The summed E-state index contributed by atoms with van der Waals surface area (Å²) < 4.78 is 18.5. The fraction of sp³-hybridized carbons (Fsp3) is 0.214. The lowest BCUT2D eigenvalue weighted by Crippen LogP contribution is -2.11. The van der Waals surface area contributed by atoms with Gasteiger partial charge in [0.2, 0.25) is 0 Å². The van der Waals surface area contributed by atoms with Crippen molar-refractivity contribution >= 4 is 5.97 Å². The molecule has 0 bridgehead atoms. The van der Waals surface area contributed by atoms with Gasteiger partial charge in [-0.25, -0.2) is 19.2 Å². The second-order valence-corrected chi connectivity index (χ2v) is 4.14. The van der Waals surface area contributed by atoms with Gasteiger partial charge in [-0.2, -0.15) is 0 Å². The molecule has 0 saturated heterocycles. The largest absolute Gasteiger partial charge is 0.464 e. The Kier molecular flexibility index (Phi) is 3.85. The van der Waals surface area contributed by atoms with E-state index in [1.165, 1.54) is 13.4 Å². The minimum absolute atomic E-state index is 0.180. The summed E-state index contributed by atoms with van der Waals surface area (Å²) in [6.45, 7) is 1.98. The maximum atomic E-state index is 14.0. The average Bonchev–Trinajstić information content (AvgIpc) is 2.43. The lowest BCUT2D eigenvalue weighted by molar-refractivity contribution is 0.0587. The van der Waals surface area contributed by atoms with Crippen molar-refractivity contribution in [1.82, 2.24) is 9.97 Å². The topological polar surface area (TPSA) is 52.1 Å². The standard InChI is InChI=1S/C14H13FN2O2/c1-9-3-5-10(6-4-9)7-11-12(15)13(14(18)19-2)17-8-16-11/h3-6,8H,7H2,1-2H3. The van der Waals surface area contributed by atoms with Crippen LogP contribution in [0.1, 0.15) is 27.3 Å². The number of aryl methyl sites for hydroxylation is 1. The fourth-order valence-corrected chi connectivity index (χ4v) is 1.67. The van der Waals surface area contributed by atoms with E-state index >= 15 is 0 Å². The molecule has 0 spiro atoms. The zero-order chi connectivity index (χ0) is 13.8. The average molecular weight is 260 g/mol. The third-order valence-corrected chi connectivity index (χ3v) is 2.73. The molecule has 0 aliphatic rings. The maximum Gasteiger partial charge on any atom is 0.359 e. The Morgan fingerprint density at radius 3 is 2.58 bits per heavy atom. The van der Waals surface area contributed by atoms with E-state index in [0.29, 0.717) is 6.42 Å². The monoisotopic (exact) mass is 260 g/mol. The summed E-state index contributed by atoms with van der Waals surface area (Å²) in [7, 11) is 1.18. The van der Waals surface area contributed by atoms with Crippen LogP contribution in [0.3, 0.4) is 0 Å². The van der Waals surface area contributed by atoms with Gasteiger partial charge in [0.05, 0.1) is 12.8 Å². The molecule has 19 heavy (non-hydrogen) atoms. The first-order valence-corrected chi connectivity index (χ1v) is 5.75. The van der Waals surface area contributed by atoms with E-state index in [-0.39, 0.29) is 11.4 Å². The number of carbonyl (C=O) groups is 1. The van der Waals surface area contributed by atoms with Crippen molar-refractivity contribution in [3.63, 3.8) is 0 Å². The second-order valence-electron chi connectivity index (χ2n) is 4.14. The molecule has 4 nitrogen and oxygen atoms in total. The van der Waals surface area contributed by atoms with E-state index in [0.717, 1.165) is 11.1 Å². The van der Waals surface area contributed by atoms with E-state index in [9.17, 15) is 9.18 Å². The van der Waals surface area contributed by atoms with Crippen LogP contribution in [-0.2, 0) is 11.2 Å². The molecule has 0 unspecified atom stereocenters. The third kappa shape index (κ3) is 2.93. The Balaban J connectivity index is 2.30. The van der Waals surface area contributed by atoms with Gasteiger partial charge in [0, 0.05) is 6.42 Å². The number of hydrogen-bond acceptors (Lipinski definition) is 4. The quantitative estimate of drug-likeness (QED) is 0.795. The fourth-order valence-electron chi connectivity index (χ4n) is 1.67. The number of hydrogen-bond donors (Lipinski definition) is 0. The van der Waals surface area contributed by atoms with Crippen LogP contribution in [0.5, 0.6) is 0 Å². The third-order valence-electron chi connectivity index (χ3n) is 2.73. The summed E-state index contributed by atoms with van der Waals surface area (Å²) in [4.78, 5) is 18.8. The number of nitrogens with zero attached hydrogens (tertiary/aromatic N) is 2.